The Hall–Kier alpha value is -1.35. The maximum absolute atomic E-state index is 11.5. The number of halogens is 1. The summed E-state index contributed by atoms with van der Waals surface area (Å²) in [5.41, 5.74) is 0.988. The molecule has 3 heteroatoms. The zero-order valence-electron chi connectivity index (χ0n) is 8.81. The summed E-state index contributed by atoms with van der Waals surface area (Å²) in [5, 5.41) is 2.23. The Balaban J connectivity index is 2.56. The van der Waals surface area contributed by atoms with Crippen LogP contribution in [0.2, 0.25) is 0 Å². The maximum Gasteiger partial charge on any atom is 0.324 e. The first kappa shape index (κ1) is 11.1. The van der Waals surface area contributed by atoms with Crippen LogP contribution in [0.3, 0.4) is 0 Å². The van der Waals surface area contributed by atoms with E-state index in [1.807, 2.05) is 49.4 Å². The zero-order chi connectivity index (χ0) is 11.5. The van der Waals surface area contributed by atoms with Gasteiger partial charge >= 0.3 is 5.97 Å². The van der Waals surface area contributed by atoms with Crippen LogP contribution in [0.5, 0.6) is 0 Å². The molecular formula is C13H11BrO2. The highest BCUT2D eigenvalue weighted by molar-refractivity contribution is 9.06. The van der Waals surface area contributed by atoms with Crippen LogP contribution in [0, 0.1) is 0 Å². The molecule has 0 saturated carbocycles. The van der Waals surface area contributed by atoms with Crippen LogP contribution in [0.25, 0.3) is 10.8 Å². The van der Waals surface area contributed by atoms with Gasteiger partial charge in [-0.3, -0.25) is 4.79 Å². The number of fused-ring (bicyclic) bond motifs is 1. The highest BCUT2D eigenvalue weighted by atomic mass is 79.9. The second-order valence-corrected chi connectivity index (χ2v) is 4.01. The first-order chi connectivity index (χ1) is 7.74. The van der Waals surface area contributed by atoms with E-state index >= 15 is 0 Å². The van der Waals surface area contributed by atoms with Crippen molar-refractivity contribution >= 4 is 33.0 Å². The minimum Gasteiger partial charge on any atom is -0.383 e. The Morgan fingerprint density at radius 2 is 1.88 bits per heavy atom. The standard InChI is InChI=1S/C13H11BrO2/c1-9(13(15)16-14)11-8-4-6-10-5-2-3-7-12(10)11/h2-9H,1H3. The van der Waals surface area contributed by atoms with Crippen LogP contribution in [0.4, 0.5) is 0 Å². The van der Waals surface area contributed by atoms with Crippen molar-refractivity contribution in [2.24, 2.45) is 0 Å². The van der Waals surface area contributed by atoms with E-state index in [1.54, 1.807) is 0 Å². The molecule has 0 saturated heterocycles. The predicted octanol–water partition coefficient (Wildman–Crippen LogP) is 3.80. The molecule has 0 spiro atoms. The Labute approximate surface area is 103 Å². The zero-order valence-corrected chi connectivity index (χ0v) is 10.4. The topological polar surface area (TPSA) is 26.3 Å². The third-order valence-electron chi connectivity index (χ3n) is 2.72. The molecule has 0 aromatic heterocycles. The molecule has 82 valence electrons. The predicted molar refractivity (Wildman–Crippen MR) is 67.4 cm³/mol. The lowest BCUT2D eigenvalue weighted by Crippen LogP contribution is -2.08. The Bertz CT molecular complexity index is 517. The lowest BCUT2D eigenvalue weighted by molar-refractivity contribution is -0.133. The third kappa shape index (κ3) is 1.95. The quantitative estimate of drug-likeness (QED) is 0.835. The molecule has 0 N–H and O–H groups in total. The highest BCUT2D eigenvalue weighted by Gasteiger charge is 2.18. The second kappa shape index (κ2) is 4.66. The smallest absolute Gasteiger partial charge is 0.324 e. The van der Waals surface area contributed by atoms with Gasteiger partial charge in [0.05, 0.1) is 5.92 Å². The van der Waals surface area contributed by atoms with Crippen molar-refractivity contribution in [2.75, 3.05) is 0 Å². The summed E-state index contributed by atoms with van der Waals surface area (Å²) in [4.78, 5) is 11.5. The van der Waals surface area contributed by atoms with Crippen LogP contribution in [-0.4, -0.2) is 5.97 Å². The molecule has 0 amide bonds. The number of carbonyl (C=O) groups excluding carboxylic acids is 1. The molecule has 1 unspecified atom stereocenters. The summed E-state index contributed by atoms with van der Waals surface area (Å²) >= 11 is 2.73. The number of carbonyl (C=O) groups is 1. The summed E-state index contributed by atoms with van der Waals surface area (Å²) in [6.45, 7) is 1.84. The lowest BCUT2D eigenvalue weighted by Gasteiger charge is -2.11. The number of hydrogen-bond acceptors (Lipinski definition) is 2. The summed E-state index contributed by atoms with van der Waals surface area (Å²) in [5.74, 6) is -0.554. The van der Waals surface area contributed by atoms with Gasteiger partial charge in [0.25, 0.3) is 0 Å². The SMILES string of the molecule is CC(C(=O)OBr)c1cccc2ccccc12. The van der Waals surface area contributed by atoms with E-state index in [2.05, 4.69) is 20.1 Å². The van der Waals surface area contributed by atoms with Crippen molar-refractivity contribution < 1.29 is 8.62 Å². The van der Waals surface area contributed by atoms with Crippen LogP contribution >= 0.6 is 16.3 Å². The molecule has 0 heterocycles. The molecule has 2 nitrogen and oxygen atoms in total. The molecule has 0 aliphatic rings. The van der Waals surface area contributed by atoms with E-state index in [9.17, 15) is 4.79 Å². The molecule has 2 rings (SSSR count). The highest BCUT2D eigenvalue weighted by Crippen LogP contribution is 2.26. The molecule has 2 aromatic rings. The summed E-state index contributed by atoms with van der Waals surface area (Å²) in [6, 6.07) is 13.9. The van der Waals surface area contributed by atoms with E-state index in [-0.39, 0.29) is 11.9 Å². The van der Waals surface area contributed by atoms with Crippen molar-refractivity contribution in [1.29, 1.82) is 0 Å². The first-order valence-electron chi connectivity index (χ1n) is 5.04. The van der Waals surface area contributed by atoms with Gasteiger partial charge in [-0.25, -0.2) is 0 Å². The first-order valence-corrected chi connectivity index (χ1v) is 5.69. The van der Waals surface area contributed by atoms with E-state index in [0.29, 0.717) is 0 Å². The van der Waals surface area contributed by atoms with E-state index in [4.69, 9.17) is 0 Å². The van der Waals surface area contributed by atoms with Gasteiger partial charge in [-0.2, -0.15) is 0 Å². The maximum atomic E-state index is 11.5. The van der Waals surface area contributed by atoms with Gasteiger partial charge in [-0.15, -0.1) is 0 Å². The molecule has 0 radical (unpaired) electrons. The van der Waals surface area contributed by atoms with E-state index < -0.39 is 0 Å². The average Bonchev–Trinajstić information content (AvgIpc) is 2.36. The normalized spacial score (nSPS) is 12.4. The van der Waals surface area contributed by atoms with Crippen molar-refractivity contribution in [3.63, 3.8) is 0 Å². The van der Waals surface area contributed by atoms with E-state index in [0.717, 1.165) is 16.3 Å². The summed E-state index contributed by atoms with van der Waals surface area (Å²) in [6.07, 6.45) is 0. The third-order valence-corrected chi connectivity index (χ3v) is 3.04. The minimum atomic E-state index is -0.281. The Morgan fingerprint density at radius 1 is 1.19 bits per heavy atom. The summed E-state index contributed by atoms with van der Waals surface area (Å²) < 4.78 is 4.59. The van der Waals surface area contributed by atoms with Gasteiger partial charge in [0.1, 0.15) is 0 Å². The molecule has 0 aliphatic heterocycles. The van der Waals surface area contributed by atoms with Gasteiger partial charge in [0.15, 0.2) is 16.3 Å². The van der Waals surface area contributed by atoms with Crippen LogP contribution < -0.4 is 0 Å². The van der Waals surface area contributed by atoms with Crippen molar-refractivity contribution in [3.05, 3.63) is 48.0 Å². The lowest BCUT2D eigenvalue weighted by atomic mass is 9.95. The second-order valence-electron chi connectivity index (χ2n) is 3.69. The van der Waals surface area contributed by atoms with Gasteiger partial charge in [0.2, 0.25) is 0 Å². The molecule has 0 aliphatic carbocycles. The van der Waals surface area contributed by atoms with Gasteiger partial charge in [-0.05, 0) is 23.3 Å². The minimum absolute atomic E-state index is 0.273. The van der Waals surface area contributed by atoms with Gasteiger partial charge < -0.3 is 3.83 Å². The van der Waals surface area contributed by atoms with Crippen LogP contribution in [-0.2, 0) is 8.62 Å². The fourth-order valence-electron chi connectivity index (χ4n) is 1.82. The molecule has 0 bridgehead atoms. The molecule has 2 aromatic carbocycles. The van der Waals surface area contributed by atoms with Gasteiger partial charge in [-0.1, -0.05) is 42.5 Å². The summed E-state index contributed by atoms with van der Waals surface area (Å²) in [7, 11) is 0. The average molecular weight is 279 g/mol. The molecular weight excluding hydrogens is 268 g/mol. The van der Waals surface area contributed by atoms with Crippen molar-refractivity contribution in [3.8, 4) is 0 Å². The largest absolute Gasteiger partial charge is 0.383 e. The Morgan fingerprint density at radius 3 is 2.62 bits per heavy atom. The van der Waals surface area contributed by atoms with Crippen LogP contribution in [0.1, 0.15) is 18.4 Å². The number of benzene rings is 2. The van der Waals surface area contributed by atoms with Crippen LogP contribution in [0.15, 0.2) is 42.5 Å². The molecule has 1 atom stereocenters. The van der Waals surface area contributed by atoms with Crippen molar-refractivity contribution in [1.82, 2.24) is 0 Å². The van der Waals surface area contributed by atoms with E-state index in [1.165, 1.54) is 0 Å². The number of rotatable bonds is 2. The fourth-order valence-corrected chi connectivity index (χ4v) is 2.10. The molecule has 16 heavy (non-hydrogen) atoms. The van der Waals surface area contributed by atoms with Gasteiger partial charge in [0, 0.05) is 0 Å². The fraction of sp³-hybridized carbons (Fsp3) is 0.154. The van der Waals surface area contributed by atoms with Crippen molar-refractivity contribution in [2.45, 2.75) is 12.8 Å². The monoisotopic (exact) mass is 278 g/mol. The molecule has 0 fully saturated rings. The number of hydrogen-bond donors (Lipinski definition) is 0. The Kier molecular flexibility index (Phi) is 3.25.